The Morgan fingerprint density at radius 3 is 2.76 bits per heavy atom. The molecule has 2 aromatic heterocycles. The van der Waals surface area contributed by atoms with Crippen LogP contribution in [0.4, 0.5) is 0 Å². The fraction of sp³-hybridized carbons (Fsp3) is 0.190. The molecule has 0 fully saturated rings. The number of primary amides is 1. The summed E-state index contributed by atoms with van der Waals surface area (Å²) in [5, 5.41) is 23.0. The number of nitrogens with zero attached hydrogens (tertiary/aromatic N) is 6. The van der Waals surface area contributed by atoms with Gasteiger partial charge in [0.15, 0.2) is 0 Å². The van der Waals surface area contributed by atoms with Gasteiger partial charge in [0.1, 0.15) is 5.92 Å². The third kappa shape index (κ3) is 3.46. The number of aryl methyl sites for hydroxylation is 2. The lowest BCUT2D eigenvalue weighted by atomic mass is 9.94. The molecule has 2 heterocycles. The van der Waals surface area contributed by atoms with E-state index in [4.69, 9.17) is 11.0 Å². The summed E-state index contributed by atoms with van der Waals surface area (Å²) in [4.78, 5) is 13.7. The minimum absolute atomic E-state index is 0.430. The standard InChI is InChI=1S/C21H19N7O/c1-13-7-14(3-4-16(13)9-22)12-28-25-11-18(26-28)20(21(23)29)15-5-6-19-17(8-15)10-24-27(19)2/h3-8,10-11,20H,12H2,1-2H3,(H2,23,29). The molecule has 29 heavy (non-hydrogen) atoms. The third-order valence-electron chi connectivity index (χ3n) is 4.97. The van der Waals surface area contributed by atoms with Gasteiger partial charge in [0.25, 0.3) is 0 Å². The van der Waals surface area contributed by atoms with Crippen LogP contribution >= 0.6 is 0 Å². The van der Waals surface area contributed by atoms with Crippen LogP contribution in [0.3, 0.4) is 0 Å². The van der Waals surface area contributed by atoms with Crippen molar-refractivity contribution >= 4 is 16.8 Å². The van der Waals surface area contributed by atoms with Crippen molar-refractivity contribution in [1.29, 1.82) is 5.26 Å². The topological polar surface area (TPSA) is 115 Å². The molecule has 0 saturated carbocycles. The van der Waals surface area contributed by atoms with Crippen LogP contribution in [0.15, 0.2) is 48.8 Å². The van der Waals surface area contributed by atoms with E-state index in [2.05, 4.69) is 21.4 Å². The molecule has 8 nitrogen and oxygen atoms in total. The summed E-state index contributed by atoms with van der Waals surface area (Å²) in [7, 11) is 1.87. The molecular weight excluding hydrogens is 366 g/mol. The molecular formula is C21H19N7O. The molecule has 0 aliphatic carbocycles. The fourth-order valence-electron chi connectivity index (χ4n) is 3.47. The SMILES string of the molecule is Cc1cc(Cn2ncc(C(C(N)=O)c3ccc4c(cnn4C)c3)n2)ccc1C#N. The van der Waals surface area contributed by atoms with Crippen molar-refractivity contribution in [2.24, 2.45) is 12.8 Å². The zero-order valence-electron chi connectivity index (χ0n) is 16.1. The van der Waals surface area contributed by atoms with Gasteiger partial charge in [-0.2, -0.15) is 25.4 Å². The van der Waals surface area contributed by atoms with Crippen molar-refractivity contribution in [2.75, 3.05) is 0 Å². The molecule has 4 rings (SSSR count). The van der Waals surface area contributed by atoms with Crippen LogP contribution in [-0.2, 0) is 18.4 Å². The number of carbonyl (C=O) groups excluding carboxylic acids is 1. The number of benzene rings is 2. The number of amides is 1. The normalized spacial score (nSPS) is 12.0. The first-order valence-corrected chi connectivity index (χ1v) is 9.07. The van der Waals surface area contributed by atoms with E-state index in [0.29, 0.717) is 17.8 Å². The average Bonchev–Trinajstić information content (AvgIpc) is 3.29. The van der Waals surface area contributed by atoms with Crippen LogP contribution in [0, 0.1) is 18.3 Å². The molecule has 8 heteroatoms. The highest BCUT2D eigenvalue weighted by Gasteiger charge is 2.24. The first-order chi connectivity index (χ1) is 14.0. The van der Waals surface area contributed by atoms with E-state index in [1.165, 1.54) is 4.80 Å². The Morgan fingerprint density at radius 1 is 1.21 bits per heavy atom. The Morgan fingerprint density at radius 2 is 2.03 bits per heavy atom. The number of rotatable bonds is 5. The van der Waals surface area contributed by atoms with Gasteiger partial charge in [-0.1, -0.05) is 18.2 Å². The number of aromatic nitrogens is 5. The summed E-state index contributed by atoms with van der Waals surface area (Å²) in [6.07, 6.45) is 3.32. The molecule has 1 atom stereocenters. The molecule has 1 amide bonds. The zero-order chi connectivity index (χ0) is 20.5. The second-order valence-corrected chi connectivity index (χ2v) is 6.98. The highest BCUT2D eigenvalue weighted by molar-refractivity contribution is 5.87. The van der Waals surface area contributed by atoms with Gasteiger partial charge >= 0.3 is 0 Å². The summed E-state index contributed by atoms with van der Waals surface area (Å²) in [5.74, 6) is -1.19. The van der Waals surface area contributed by atoms with Gasteiger partial charge in [-0.15, -0.1) is 0 Å². The summed E-state index contributed by atoms with van der Waals surface area (Å²) in [6.45, 7) is 2.32. The van der Waals surface area contributed by atoms with Crippen LogP contribution in [0.1, 0.15) is 33.9 Å². The molecule has 2 aromatic carbocycles. The molecule has 144 valence electrons. The van der Waals surface area contributed by atoms with Gasteiger partial charge < -0.3 is 5.73 Å². The van der Waals surface area contributed by atoms with E-state index < -0.39 is 11.8 Å². The number of fused-ring (bicyclic) bond motifs is 1. The molecule has 0 aliphatic heterocycles. The molecule has 0 bridgehead atoms. The number of hydrogen-bond acceptors (Lipinski definition) is 5. The highest BCUT2D eigenvalue weighted by atomic mass is 16.1. The highest BCUT2D eigenvalue weighted by Crippen LogP contribution is 2.26. The lowest BCUT2D eigenvalue weighted by molar-refractivity contribution is -0.118. The minimum atomic E-state index is -0.698. The monoisotopic (exact) mass is 385 g/mol. The summed E-state index contributed by atoms with van der Waals surface area (Å²) in [5.41, 5.74) is 10.4. The molecule has 2 N–H and O–H groups in total. The van der Waals surface area contributed by atoms with Gasteiger partial charge in [-0.05, 0) is 41.8 Å². The van der Waals surface area contributed by atoms with E-state index in [1.807, 2.05) is 44.3 Å². The molecule has 4 aromatic rings. The maximum absolute atomic E-state index is 12.2. The molecule has 0 aliphatic rings. The molecule has 0 radical (unpaired) electrons. The third-order valence-corrected chi connectivity index (χ3v) is 4.97. The van der Waals surface area contributed by atoms with E-state index in [0.717, 1.165) is 27.6 Å². The van der Waals surface area contributed by atoms with Crippen molar-refractivity contribution in [3.8, 4) is 6.07 Å². The van der Waals surface area contributed by atoms with Gasteiger partial charge in [0.05, 0.1) is 41.8 Å². The Kier molecular flexibility index (Phi) is 4.56. The van der Waals surface area contributed by atoms with Gasteiger partial charge in [-0.3, -0.25) is 9.48 Å². The second-order valence-electron chi connectivity index (χ2n) is 6.98. The van der Waals surface area contributed by atoms with Crippen molar-refractivity contribution in [3.05, 3.63) is 76.7 Å². The predicted molar refractivity (Wildman–Crippen MR) is 107 cm³/mol. The van der Waals surface area contributed by atoms with Gasteiger partial charge in [-0.25, -0.2) is 0 Å². The number of hydrogen-bond donors (Lipinski definition) is 1. The first kappa shape index (κ1) is 18.4. The molecule has 1 unspecified atom stereocenters. The Balaban J connectivity index is 1.63. The smallest absolute Gasteiger partial charge is 0.231 e. The van der Waals surface area contributed by atoms with Crippen LogP contribution in [0.5, 0.6) is 0 Å². The number of carbonyl (C=O) groups is 1. The van der Waals surface area contributed by atoms with Crippen molar-refractivity contribution < 1.29 is 4.79 Å². The number of nitrogens with two attached hydrogens (primary N) is 1. The van der Waals surface area contributed by atoms with Crippen LogP contribution < -0.4 is 5.73 Å². The van der Waals surface area contributed by atoms with E-state index in [-0.39, 0.29) is 0 Å². The number of nitriles is 1. The maximum atomic E-state index is 12.2. The Bertz CT molecular complexity index is 1260. The van der Waals surface area contributed by atoms with Crippen molar-refractivity contribution in [3.63, 3.8) is 0 Å². The largest absolute Gasteiger partial charge is 0.369 e. The van der Waals surface area contributed by atoms with E-state index >= 15 is 0 Å². The lowest BCUT2D eigenvalue weighted by Gasteiger charge is -2.11. The van der Waals surface area contributed by atoms with Gasteiger partial charge in [0.2, 0.25) is 5.91 Å². The summed E-state index contributed by atoms with van der Waals surface area (Å²) < 4.78 is 1.77. The molecule has 0 spiro atoms. The fourth-order valence-corrected chi connectivity index (χ4v) is 3.47. The first-order valence-electron chi connectivity index (χ1n) is 9.07. The molecule has 0 saturated heterocycles. The second kappa shape index (κ2) is 7.20. The van der Waals surface area contributed by atoms with Crippen molar-refractivity contribution in [2.45, 2.75) is 19.4 Å². The average molecular weight is 385 g/mol. The summed E-state index contributed by atoms with van der Waals surface area (Å²) in [6, 6.07) is 13.4. The zero-order valence-corrected chi connectivity index (χ0v) is 16.1. The van der Waals surface area contributed by atoms with E-state index in [9.17, 15) is 4.79 Å². The minimum Gasteiger partial charge on any atom is -0.369 e. The predicted octanol–water partition coefficient (Wildman–Crippen LogP) is 2.01. The Labute approximate surface area is 167 Å². The van der Waals surface area contributed by atoms with Crippen LogP contribution in [0.25, 0.3) is 10.9 Å². The van der Waals surface area contributed by atoms with Crippen molar-refractivity contribution in [1.82, 2.24) is 24.8 Å². The maximum Gasteiger partial charge on any atom is 0.231 e. The Hall–Kier alpha value is -3.99. The van der Waals surface area contributed by atoms with Gasteiger partial charge in [0, 0.05) is 12.4 Å². The van der Waals surface area contributed by atoms with Crippen LogP contribution in [-0.4, -0.2) is 30.7 Å². The quantitative estimate of drug-likeness (QED) is 0.564. The van der Waals surface area contributed by atoms with Crippen LogP contribution in [0.2, 0.25) is 0 Å². The summed E-state index contributed by atoms with van der Waals surface area (Å²) >= 11 is 0. The lowest BCUT2D eigenvalue weighted by Crippen LogP contribution is -2.23. The van der Waals surface area contributed by atoms with E-state index in [1.54, 1.807) is 23.1 Å².